The van der Waals surface area contributed by atoms with Crippen molar-refractivity contribution in [2.75, 3.05) is 59.0 Å². The molecule has 29 heavy (non-hydrogen) atoms. The third-order valence-corrected chi connectivity index (χ3v) is 5.98. The Morgan fingerprint density at radius 2 is 1.59 bits per heavy atom. The third-order valence-electron chi connectivity index (χ3n) is 5.98. The summed E-state index contributed by atoms with van der Waals surface area (Å²) in [7, 11) is 0. The number of ether oxygens (including phenoxy) is 1. The fourth-order valence-electron chi connectivity index (χ4n) is 4.31. The van der Waals surface area contributed by atoms with Crippen molar-refractivity contribution in [2.45, 2.75) is 71.7 Å². The Morgan fingerprint density at radius 1 is 1.03 bits per heavy atom. The van der Waals surface area contributed by atoms with E-state index in [2.05, 4.69) is 23.6 Å². The van der Waals surface area contributed by atoms with E-state index in [-0.39, 0.29) is 30.6 Å². The maximum atomic E-state index is 14.2. The van der Waals surface area contributed by atoms with Crippen LogP contribution in [-0.2, 0) is 9.53 Å². The molecule has 2 heterocycles. The van der Waals surface area contributed by atoms with Gasteiger partial charge < -0.3 is 9.64 Å². The number of hydrogen-bond donors (Lipinski definition) is 0. The Balaban J connectivity index is 1.83. The number of carbonyl (C=O) groups is 1. The first-order chi connectivity index (χ1) is 13.5. The van der Waals surface area contributed by atoms with Gasteiger partial charge in [-0.1, -0.05) is 0 Å². The SMILES string of the molecule is CC(C)OCC(F)(F)CN1CC(C)N(CC(=O)N2CCN(C(C)C)CC2)C(C)C1. The summed E-state index contributed by atoms with van der Waals surface area (Å²) >= 11 is 0. The van der Waals surface area contributed by atoms with Gasteiger partial charge in [-0.15, -0.1) is 0 Å². The number of nitrogens with zero attached hydrogens (tertiary/aromatic N) is 4. The quantitative estimate of drug-likeness (QED) is 0.603. The molecule has 6 nitrogen and oxygen atoms in total. The number of halogens is 2. The summed E-state index contributed by atoms with van der Waals surface area (Å²) in [6.07, 6.45) is -0.205. The van der Waals surface area contributed by atoms with E-state index in [9.17, 15) is 13.6 Å². The van der Waals surface area contributed by atoms with Crippen LogP contribution in [0.25, 0.3) is 0 Å². The molecule has 8 heteroatoms. The molecule has 0 aromatic carbocycles. The molecule has 0 aromatic rings. The summed E-state index contributed by atoms with van der Waals surface area (Å²) < 4.78 is 33.6. The molecule has 2 unspecified atom stereocenters. The Labute approximate surface area is 175 Å². The molecule has 0 aromatic heterocycles. The zero-order valence-corrected chi connectivity index (χ0v) is 19.0. The van der Waals surface area contributed by atoms with E-state index in [0.717, 1.165) is 26.2 Å². The zero-order chi connectivity index (χ0) is 21.8. The van der Waals surface area contributed by atoms with Crippen molar-refractivity contribution < 1.29 is 18.3 Å². The van der Waals surface area contributed by atoms with Crippen LogP contribution in [0.4, 0.5) is 8.78 Å². The molecule has 0 N–H and O–H groups in total. The predicted molar refractivity (Wildman–Crippen MR) is 111 cm³/mol. The summed E-state index contributed by atoms with van der Waals surface area (Å²) in [4.78, 5) is 21.1. The first-order valence-corrected chi connectivity index (χ1v) is 11.0. The highest BCUT2D eigenvalue weighted by atomic mass is 19.3. The molecule has 2 fully saturated rings. The standard InChI is InChI=1S/C21H40F2N4O2/c1-16(2)25-7-9-26(10-8-25)20(28)13-27-18(5)11-24(12-19(27)6)14-21(22,23)15-29-17(3)4/h16-19H,7-15H2,1-6H3. The van der Waals surface area contributed by atoms with E-state index < -0.39 is 12.5 Å². The minimum absolute atomic E-state index is 0.0569. The van der Waals surface area contributed by atoms with Gasteiger partial charge in [0.2, 0.25) is 5.91 Å². The minimum atomic E-state index is -2.86. The normalized spacial score (nSPS) is 25.9. The number of rotatable bonds is 8. The van der Waals surface area contributed by atoms with Gasteiger partial charge in [-0.25, -0.2) is 8.78 Å². The van der Waals surface area contributed by atoms with E-state index in [1.54, 1.807) is 18.7 Å². The topological polar surface area (TPSA) is 39.3 Å². The fourth-order valence-corrected chi connectivity index (χ4v) is 4.31. The minimum Gasteiger partial charge on any atom is -0.372 e. The van der Waals surface area contributed by atoms with Crippen LogP contribution < -0.4 is 0 Å². The van der Waals surface area contributed by atoms with Gasteiger partial charge >= 0.3 is 0 Å². The first kappa shape index (κ1) is 24.4. The molecule has 2 aliphatic rings. The van der Waals surface area contributed by atoms with Crippen LogP contribution in [0.5, 0.6) is 0 Å². The van der Waals surface area contributed by atoms with Crippen molar-refractivity contribution in [1.29, 1.82) is 0 Å². The van der Waals surface area contributed by atoms with Crippen LogP contribution >= 0.6 is 0 Å². The van der Waals surface area contributed by atoms with E-state index >= 15 is 0 Å². The lowest BCUT2D eigenvalue weighted by atomic mass is 10.1. The highest BCUT2D eigenvalue weighted by molar-refractivity contribution is 5.78. The maximum Gasteiger partial charge on any atom is 0.283 e. The molecule has 0 aliphatic carbocycles. The molecule has 2 rings (SSSR count). The maximum absolute atomic E-state index is 14.2. The molecular weight excluding hydrogens is 378 g/mol. The van der Waals surface area contributed by atoms with E-state index in [0.29, 0.717) is 25.7 Å². The molecule has 0 radical (unpaired) electrons. The second-order valence-electron chi connectivity index (χ2n) is 9.29. The molecule has 2 aliphatic heterocycles. The average Bonchev–Trinajstić information content (AvgIpc) is 2.62. The first-order valence-electron chi connectivity index (χ1n) is 11.0. The second kappa shape index (κ2) is 10.5. The molecule has 2 atom stereocenters. The number of piperazine rings is 2. The van der Waals surface area contributed by atoms with Crippen LogP contribution in [0, 0.1) is 0 Å². The molecule has 2 saturated heterocycles. The van der Waals surface area contributed by atoms with Gasteiger partial charge in [0, 0.05) is 57.4 Å². The van der Waals surface area contributed by atoms with Crippen LogP contribution in [0.1, 0.15) is 41.5 Å². The zero-order valence-electron chi connectivity index (χ0n) is 19.0. The van der Waals surface area contributed by atoms with Crippen molar-refractivity contribution in [2.24, 2.45) is 0 Å². The molecular formula is C21H40F2N4O2. The van der Waals surface area contributed by atoms with Gasteiger partial charge in [0.15, 0.2) is 0 Å². The summed E-state index contributed by atoms with van der Waals surface area (Å²) in [6, 6.07) is 0.618. The largest absolute Gasteiger partial charge is 0.372 e. The molecule has 0 saturated carbocycles. The average molecular weight is 419 g/mol. The predicted octanol–water partition coefficient (Wildman–Crippen LogP) is 1.99. The summed E-state index contributed by atoms with van der Waals surface area (Å²) in [6.45, 7) is 15.9. The van der Waals surface area contributed by atoms with Gasteiger partial charge in [0.05, 0.1) is 19.2 Å². The van der Waals surface area contributed by atoms with Gasteiger partial charge in [0.1, 0.15) is 6.61 Å². The lowest BCUT2D eigenvalue weighted by Gasteiger charge is -2.46. The van der Waals surface area contributed by atoms with Gasteiger partial charge in [-0.05, 0) is 41.5 Å². The van der Waals surface area contributed by atoms with E-state index in [1.807, 2.05) is 18.7 Å². The summed E-state index contributed by atoms with van der Waals surface area (Å²) in [5.41, 5.74) is 0. The lowest BCUT2D eigenvalue weighted by Crippen LogP contribution is -2.61. The van der Waals surface area contributed by atoms with Crippen molar-refractivity contribution in [1.82, 2.24) is 19.6 Å². The Kier molecular flexibility index (Phi) is 8.82. The Morgan fingerprint density at radius 3 is 2.07 bits per heavy atom. The van der Waals surface area contributed by atoms with Crippen LogP contribution in [0.2, 0.25) is 0 Å². The van der Waals surface area contributed by atoms with Crippen molar-refractivity contribution in [3.8, 4) is 0 Å². The monoisotopic (exact) mass is 418 g/mol. The van der Waals surface area contributed by atoms with Gasteiger partial charge in [-0.3, -0.25) is 19.5 Å². The smallest absolute Gasteiger partial charge is 0.283 e. The number of amides is 1. The summed E-state index contributed by atoms with van der Waals surface area (Å²) in [5, 5.41) is 0. The lowest BCUT2D eigenvalue weighted by molar-refractivity contribution is -0.138. The van der Waals surface area contributed by atoms with Crippen molar-refractivity contribution in [3.05, 3.63) is 0 Å². The van der Waals surface area contributed by atoms with Crippen LogP contribution in [0.3, 0.4) is 0 Å². The molecule has 0 spiro atoms. The third kappa shape index (κ3) is 7.42. The van der Waals surface area contributed by atoms with E-state index in [1.165, 1.54) is 0 Å². The van der Waals surface area contributed by atoms with Gasteiger partial charge in [-0.2, -0.15) is 0 Å². The number of carbonyl (C=O) groups excluding carboxylic acids is 1. The van der Waals surface area contributed by atoms with Gasteiger partial charge in [0.25, 0.3) is 5.92 Å². The van der Waals surface area contributed by atoms with Crippen LogP contribution in [0.15, 0.2) is 0 Å². The van der Waals surface area contributed by atoms with Crippen molar-refractivity contribution in [3.63, 3.8) is 0 Å². The molecule has 0 bridgehead atoms. The van der Waals surface area contributed by atoms with Crippen molar-refractivity contribution >= 4 is 5.91 Å². The highest BCUT2D eigenvalue weighted by Crippen LogP contribution is 2.22. The fraction of sp³-hybridized carbons (Fsp3) is 0.952. The van der Waals surface area contributed by atoms with E-state index in [4.69, 9.17) is 4.74 Å². The second-order valence-corrected chi connectivity index (χ2v) is 9.29. The molecule has 1 amide bonds. The Bertz CT molecular complexity index is 513. The highest BCUT2D eigenvalue weighted by Gasteiger charge is 2.38. The van der Waals surface area contributed by atoms with Crippen LogP contribution in [-0.4, -0.2) is 115 Å². The number of hydrogen-bond acceptors (Lipinski definition) is 5. The number of alkyl halides is 2. The summed E-state index contributed by atoms with van der Waals surface area (Å²) in [5.74, 6) is -2.71. The Hall–Kier alpha value is -0.830. The molecule has 170 valence electrons.